The molecule has 2 rings (SSSR count). The third kappa shape index (κ3) is 1.03. The molecule has 0 heterocycles. The molecule has 1 aromatic rings. The summed E-state index contributed by atoms with van der Waals surface area (Å²) in [6, 6.07) is 7.86. The summed E-state index contributed by atoms with van der Waals surface area (Å²) in [5, 5.41) is 0. The van der Waals surface area contributed by atoms with Gasteiger partial charge in [-0.3, -0.25) is 0 Å². The Labute approximate surface area is 71.4 Å². The average Bonchev–Trinajstić information content (AvgIpc) is 2.40. The molecule has 2 atom stereocenters. The van der Waals surface area contributed by atoms with Gasteiger partial charge in [0.1, 0.15) is 6.17 Å². The van der Waals surface area contributed by atoms with Gasteiger partial charge in [0, 0.05) is 18.9 Å². The fraction of sp³-hybridized carbons (Fsp3) is 0.400. The molecule has 1 nitrogen and oxygen atoms in total. The molecule has 0 unspecified atom stereocenters. The van der Waals surface area contributed by atoms with E-state index < -0.39 is 6.17 Å². The Morgan fingerprint density at radius 1 is 1.42 bits per heavy atom. The lowest BCUT2D eigenvalue weighted by Gasteiger charge is -2.09. The first-order valence-corrected chi connectivity index (χ1v) is 4.25. The van der Waals surface area contributed by atoms with Crippen LogP contribution < -0.4 is 5.73 Å². The number of hydrogen-bond acceptors (Lipinski definition) is 1. The van der Waals surface area contributed by atoms with Crippen LogP contribution in [0.25, 0.3) is 0 Å². The van der Waals surface area contributed by atoms with Crippen molar-refractivity contribution in [3.63, 3.8) is 0 Å². The molecule has 0 aliphatic heterocycles. The van der Waals surface area contributed by atoms with Crippen molar-refractivity contribution >= 4 is 0 Å². The Kier molecular flexibility index (Phi) is 1.85. The Morgan fingerprint density at radius 3 is 2.92 bits per heavy atom. The van der Waals surface area contributed by atoms with Crippen LogP contribution >= 0.6 is 0 Å². The minimum atomic E-state index is -0.771. The van der Waals surface area contributed by atoms with E-state index in [-0.39, 0.29) is 5.92 Å². The highest BCUT2D eigenvalue weighted by molar-refractivity contribution is 5.37. The van der Waals surface area contributed by atoms with Crippen LogP contribution in [-0.4, -0.2) is 12.7 Å². The van der Waals surface area contributed by atoms with Gasteiger partial charge in [-0.1, -0.05) is 24.3 Å². The second-order valence-electron chi connectivity index (χ2n) is 3.26. The number of fused-ring (bicyclic) bond motifs is 1. The molecular formula is C10H12FN. The Balaban J connectivity index is 2.40. The predicted octanol–water partition coefficient (Wildman–Crippen LogP) is 1.62. The maximum atomic E-state index is 13.3. The summed E-state index contributed by atoms with van der Waals surface area (Å²) in [5.41, 5.74) is 7.73. The van der Waals surface area contributed by atoms with Crippen molar-refractivity contribution in [2.75, 3.05) is 6.54 Å². The highest BCUT2D eigenvalue weighted by Crippen LogP contribution is 2.34. The first-order chi connectivity index (χ1) is 5.83. The second kappa shape index (κ2) is 2.87. The Bertz CT molecular complexity index is 285. The van der Waals surface area contributed by atoms with E-state index in [0.29, 0.717) is 13.0 Å². The lowest BCUT2D eigenvalue weighted by Crippen LogP contribution is -2.18. The van der Waals surface area contributed by atoms with Gasteiger partial charge in [-0.15, -0.1) is 0 Å². The van der Waals surface area contributed by atoms with Gasteiger partial charge >= 0.3 is 0 Å². The van der Waals surface area contributed by atoms with Crippen LogP contribution in [0.3, 0.4) is 0 Å². The Hall–Kier alpha value is -0.890. The summed E-state index contributed by atoms with van der Waals surface area (Å²) in [6.45, 7) is 0.415. The highest BCUT2D eigenvalue weighted by Gasteiger charge is 2.30. The summed E-state index contributed by atoms with van der Waals surface area (Å²) in [7, 11) is 0. The van der Waals surface area contributed by atoms with Crippen molar-refractivity contribution in [3.05, 3.63) is 35.4 Å². The molecule has 1 aliphatic rings. The first kappa shape index (κ1) is 7.74. The predicted molar refractivity (Wildman–Crippen MR) is 46.8 cm³/mol. The molecule has 0 radical (unpaired) electrons. The average molecular weight is 165 g/mol. The summed E-state index contributed by atoms with van der Waals surface area (Å²) < 4.78 is 13.3. The maximum absolute atomic E-state index is 13.3. The van der Waals surface area contributed by atoms with Crippen LogP contribution in [0.2, 0.25) is 0 Å². The third-order valence-corrected chi connectivity index (χ3v) is 2.56. The van der Waals surface area contributed by atoms with E-state index in [1.54, 1.807) is 0 Å². The van der Waals surface area contributed by atoms with Gasteiger partial charge in [-0.2, -0.15) is 0 Å². The molecule has 0 spiro atoms. The van der Waals surface area contributed by atoms with Crippen molar-refractivity contribution < 1.29 is 4.39 Å². The molecule has 0 amide bonds. The van der Waals surface area contributed by atoms with E-state index in [9.17, 15) is 4.39 Å². The van der Waals surface area contributed by atoms with Gasteiger partial charge in [0.15, 0.2) is 0 Å². The van der Waals surface area contributed by atoms with E-state index in [1.165, 1.54) is 0 Å². The molecule has 0 saturated carbocycles. The lowest BCUT2D eigenvalue weighted by atomic mass is 10.0. The van der Waals surface area contributed by atoms with Crippen molar-refractivity contribution in [2.24, 2.45) is 5.73 Å². The van der Waals surface area contributed by atoms with Crippen molar-refractivity contribution in [3.8, 4) is 0 Å². The number of nitrogens with two attached hydrogens (primary N) is 1. The minimum Gasteiger partial charge on any atom is -0.330 e. The molecule has 0 bridgehead atoms. The first-order valence-electron chi connectivity index (χ1n) is 4.25. The van der Waals surface area contributed by atoms with Gasteiger partial charge in [0.25, 0.3) is 0 Å². The van der Waals surface area contributed by atoms with Gasteiger partial charge in [-0.25, -0.2) is 4.39 Å². The second-order valence-corrected chi connectivity index (χ2v) is 3.26. The van der Waals surface area contributed by atoms with Crippen LogP contribution in [0.15, 0.2) is 24.3 Å². The largest absolute Gasteiger partial charge is 0.330 e. The van der Waals surface area contributed by atoms with Crippen LogP contribution in [0.5, 0.6) is 0 Å². The third-order valence-electron chi connectivity index (χ3n) is 2.56. The zero-order chi connectivity index (χ0) is 8.55. The quantitative estimate of drug-likeness (QED) is 0.672. The lowest BCUT2D eigenvalue weighted by molar-refractivity contribution is 0.303. The summed E-state index contributed by atoms with van der Waals surface area (Å²) >= 11 is 0. The van der Waals surface area contributed by atoms with Crippen molar-refractivity contribution in [1.29, 1.82) is 0 Å². The number of rotatable bonds is 1. The van der Waals surface area contributed by atoms with E-state index in [4.69, 9.17) is 5.73 Å². The van der Waals surface area contributed by atoms with Gasteiger partial charge in [0.05, 0.1) is 0 Å². The molecule has 0 aromatic heterocycles. The molecule has 2 heteroatoms. The fourth-order valence-electron chi connectivity index (χ4n) is 1.90. The van der Waals surface area contributed by atoms with E-state index in [2.05, 4.69) is 0 Å². The standard InChI is InChI=1S/C10H12FN/c11-10-5-7-3-1-2-4-8(7)9(10)6-12/h1-4,9-10H,5-6,12H2/t9-,10-/m0/s1. The number of halogens is 1. The Morgan fingerprint density at radius 2 is 2.17 bits per heavy atom. The minimum absolute atomic E-state index is 0.0683. The molecule has 0 fully saturated rings. The summed E-state index contributed by atoms with van der Waals surface area (Å²) in [5.74, 6) is -0.0683. The fourth-order valence-corrected chi connectivity index (χ4v) is 1.90. The molecule has 0 saturated heterocycles. The maximum Gasteiger partial charge on any atom is 0.112 e. The van der Waals surface area contributed by atoms with Gasteiger partial charge < -0.3 is 5.73 Å². The van der Waals surface area contributed by atoms with Crippen molar-refractivity contribution in [2.45, 2.75) is 18.5 Å². The molecule has 1 aliphatic carbocycles. The number of alkyl halides is 1. The SMILES string of the molecule is NC[C@H]1c2ccccc2C[C@@H]1F. The van der Waals surface area contributed by atoms with E-state index in [1.807, 2.05) is 24.3 Å². The van der Waals surface area contributed by atoms with E-state index in [0.717, 1.165) is 11.1 Å². The van der Waals surface area contributed by atoms with Crippen LogP contribution in [-0.2, 0) is 6.42 Å². The van der Waals surface area contributed by atoms with Crippen LogP contribution in [0, 0.1) is 0 Å². The monoisotopic (exact) mass is 165 g/mol. The molecule has 2 N–H and O–H groups in total. The highest BCUT2D eigenvalue weighted by atomic mass is 19.1. The number of benzene rings is 1. The molecule has 1 aromatic carbocycles. The molecule has 12 heavy (non-hydrogen) atoms. The zero-order valence-corrected chi connectivity index (χ0v) is 6.83. The molecule has 64 valence electrons. The smallest absolute Gasteiger partial charge is 0.112 e. The number of hydrogen-bond donors (Lipinski definition) is 1. The summed E-state index contributed by atoms with van der Waals surface area (Å²) in [4.78, 5) is 0. The van der Waals surface area contributed by atoms with Crippen LogP contribution in [0.4, 0.5) is 4.39 Å². The topological polar surface area (TPSA) is 26.0 Å². The van der Waals surface area contributed by atoms with Crippen molar-refractivity contribution in [1.82, 2.24) is 0 Å². The van der Waals surface area contributed by atoms with Gasteiger partial charge in [0.2, 0.25) is 0 Å². The summed E-state index contributed by atoms with van der Waals surface area (Å²) in [6.07, 6.45) is -0.231. The molecular weight excluding hydrogens is 153 g/mol. The normalized spacial score (nSPS) is 27.2. The van der Waals surface area contributed by atoms with E-state index >= 15 is 0 Å². The van der Waals surface area contributed by atoms with Crippen LogP contribution in [0.1, 0.15) is 17.0 Å². The van der Waals surface area contributed by atoms with Gasteiger partial charge in [-0.05, 0) is 11.1 Å². The zero-order valence-electron chi connectivity index (χ0n) is 6.83.